The average molecular weight is 441 g/mol. The number of methoxy groups -OCH3 is 1. The van der Waals surface area contributed by atoms with Gasteiger partial charge in [0.15, 0.2) is 9.84 Å². The van der Waals surface area contributed by atoms with E-state index in [0.717, 1.165) is 16.2 Å². The molecule has 0 aliphatic rings. The summed E-state index contributed by atoms with van der Waals surface area (Å²) in [5, 5.41) is 0. The molecule has 0 N–H and O–H groups in total. The molecule has 0 atom stereocenters. The van der Waals surface area contributed by atoms with Crippen LogP contribution in [0, 0.1) is 0 Å². The second-order valence-corrected chi connectivity index (χ2v) is 9.94. The van der Waals surface area contributed by atoms with Crippen molar-refractivity contribution < 1.29 is 13.2 Å². The lowest BCUT2D eigenvalue weighted by molar-refractivity contribution is 0.415. The number of hydrogen-bond donors (Lipinski definition) is 0. The number of aryl methyl sites for hydroxylation is 1. The zero-order valence-corrected chi connectivity index (χ0v) is 17.9. The summed E-state index contributed by atoms with van der Waals surface area (Å²) in [4.78, 5) is 18.5. The Balaban J connectivity index is 1.53. The standard InChI is InChI=1S/C22H20N2O4S2/c1-28-17-10-8-16(9-11-17)20-14-19-21(29-20)22(25)24(15-23-19)12-5-13-30(26,27)18-6-3-2-4-7-18/h2-4,6-11,14-15H,5,12-13H2,1H3. The quantitative estimate of drug-likeness (QED) is 0.434. The molecule has 0 unspecified atom stereocenters. The third-order valence-electron chi connectivity index (χ3n) is 4.79. The fourth-order valence-electron chi connectivity index (χ4n) is 3.17. The van der Waals surface area contributed by atoms with Gasteiger partial charge in [-0.15, -0.1) is 11.3 Å². The van der Waals surface area contributed by atoms with Gasteiger partial charge in [-0.05, 0) is 54.4 Å². The van der Waals surface area contributed by atoms with Crippen molar-refractivity contribution in [3.05, 3.63) is 77.3 Å². The second-order valence-electron chi connectivity index (χ2n) is 6.78. The predicted octanol–water partition coefficient (Wildman–Crippen LogP) is 4.00. The molecule has 0 bridgehead atoms. The monoisotopic (exact) mass is 440 g/mol. The molecule has 8 heteroatoms. The first kappa shape index (κ1) is 20.3. The number of nitrogens with zero attached hydrogens (tertiary/aromatic N) is 2. The zero-order chi connectivity index (χ0) is 21.1. The summed E-state index contributed by atoms with van der Waals surface area (Å²) >= 11 is 1.39. The van der Waals surface area contributed by atoms with E-state index in [1.807, 2.05) is 30.3 Å². The predicted molar refractivity (Wildman–Crippen MR) is 119 cm³/mol. The largest absolute Gasteiger partial charge is 0.497 e. The minimum atomic E-state index is -3.37. The summed E-state index contributed by atoms with van der Waals surface area (Å²) in [6.45, 7) is 0.295. The van der Waals surface area contributed by atoms with E-state index < -0.39 is 9.84 Å². The first-order valence-corrected chi connectivity index (χ1v) is 11.9. The third-order valence-corrected chi connectivity index (χ3v) is 7.77. The van der Waals surface area contributed by atoms with Gasteiger partial charge in [0.1, 0.15) is 10.4 Å². The highest BCUT2D eigenvalue weighted by atomic mass is 32.2. The van der Waals surface area contributed by atoms with Gasteiger partial charge >= 0.3 is 0 Å². The van der Waals surface area contributed by atoms with Crippen LogP contribution in [0.4, 0.5) is 0 Å². The molecule has 154 valence electrons. The van der Waals surface area contributed by atoms with E-state index in [1.54, 1.807) is 37.4 Å². The first-order chi connectivity index (χ1) is 14.5. The van der Waals surface area contributed by atoms with Gasteiger partial charge in [-0.25, -0.2) is 13.4 Å². The van der Waals surface area contributed by atoms with Crippen LogP contribution in [0.5, 0.6) is 5.75 Å². The van der Waals surface area contributed by atoms with Crippen LogP contribution < -0.4 is 10.3 Å². The molecule has 2 heterocycles. The fourth-order valence-corrected chi connectivity index (χ4v) is 5.55. The number of benzene rings is 2. The number of sulfone groups is 1. The van der Waals surface area contributed by atoms with Crippen molar-refractivity contribution in [3.63, 3.8) is 0 Å². The maximum Gasteiger partial charge on any atom is 0.271 e. The molecule has 0 saturated carbocycles. The molecular weight excluding hydrogens is 420 g/mol. The van der Waals surface area contributed by atoms with E-state index in [2.05, 4.69) is 4.98 Å². The summed E-state index contributed by atoms with van der Waals surface area (Å²) < 4.78 is 32.1. The Labute approximate surface area is 178 Å². The zero-order valence-electron chi connectivity index (χ0n) is 16.3. The molecule has 0 saturated heterocycles. The molecule has 0 amide bonds. The van der Waals surface area contributed by atoms with Crippen LogP contribution in [0.2, 0.25) is 0 Å². The van der Waals surface area contributed by atoms with Gasteiger partial charge in [-0.2, -0.15) is 0 Å². The summed E-state index contributed by atoms with van der Waals surface area (Å²) in [7, 11) is -1.75. The number of thiophene rings is 1. The van der Waals surface area contributed by atoms with Crippen LogP contribution in [0.15, 0.2) is 76.7 Å². The topological polar surface area (TPSA) is 78.3 Å². The number of rotatable bonds is 7. The van der Waals surface area contributed by atoms with Gasteiger partial charge in [0.2, 0.25) is 0 Å². The van der Waals surface area contributed by atoms with Gasteiger partial charge in [-0.1, -0.05) is 18.2 Å². The van der Waals surface area contributed by atoms with E-state index in [9.17, 15) is 13.2 Å². The highest BCUT2D eigenvalue weighted by Gasteiger charge is 2.15. The van der Waals surface area contributed by atoms with Crippen LogP contribution in [0.25, 0.3) is 20.7 Å². The number of aromatic nitrogens is 2. The smallest absolute Gasteiger partial charge is 0.271 e. The summed E-state index contributed by atoms with van der Waals surface area (Å²) in [6.07, 6.45) is 1.82. The van der Waals surface area contributed by atoms with Gasteiger partial charge in [0.25, 0.3) is 5.56 Å². The lowest BCUT2D eigenvalue weighted by Crippen LogP contribution is -2.21. The molecule has 30 heavy (non-hydrogen) atoms. The maximum atomic E-state index is 12.9. The van der Waals surface area contributed by atoms with Crippen LogP contribution in [-0.4, -0.2) is 30.8 Å². The molecule has 0 radical (unpaired) electrons. The van der Waals surface area contributed by atoms with Crippen LogP contribution >= 0.6 is 11.3 Å². The molecule has 2 aromatic carbocycles. The van der Waals surface area contributed by atoms with Crippen molar-refractivity contribution in [3.8, 4) is 16.2 Å². The van der Waals surface area contributed by atoms with Crippen molar-refractivity contribution in [2.75, 3.05) is 12.9 Å². The molecule has 4 aromatic rings. The Hall–Kier alpha value is -2.97. The molecule has 0 spiro atoms. The lowest BCUT2D eigenvalue weighted by Gasteiger charge is -2.06. The Morgan fingerprint density at radius 3 is 2.50 bits per heavy atom. The maximum absolute atomic E-state index is 12.9. The van der Waals surface area contributed by atoms with Crippen molar-refractivity contribution >= 4 is 31.4 Å². The van der Waals surface area contributed by atoms with Crippen molar-refractivity contribution in [1.29, 1.82) is 0 Å². The number of ether oxygens (including phenoxy) is 1. The Kier molecular flexibility index (Phi) is 5.69. The Morgan fingerprint density at radius 2 is 1.80 bits per heavy atom. The molecular formula is C22H20N2O4S2. The average Bonchev–Trinajstić information content (AvgIpc) is 3.21. The van der Waals surface area contributed by atoms with Gasteiger partial charge in [0, 0.05) is 11.4 Å². The number of fused-ring (bicyclic) bond motifs is 1. The van der Waals surface area contributed by atoms with E-state index in [-0.39, 0.29) is 11.3 Å². The molecule has 4 rings (SSSR count). The SMILES string of the molecule is COc1ccc(-c2cc3ncn(CCCS(=O)(=O)c4ccccc4)c(=O)c3s2)cc1. The van der Waals surface area contributed by atoms with Gasteiger partial charge < -0.3 is 4.74 Å². The fraction of sp³-hybridized carbons (Fsp3) is 0.182. The van der Waals surface area contributed by atoms with Crippen LogP contribution in [0.3, 0.4) is 0 Å². The van der Waals surface area contributed by atoms with E-state index in [0.29, 0.717) is 28.1 Å². The normalized spacial score (nSPS) is 11.6. The van der Waals surface area contributed by atoms with Crippen molar-refractivity contribution in [2.24, 2.45) is 0 Å². The van der Waals surface area contributed by atoms with E-state index >= 15 is 0 Å². The molecule has 0 aliphatic heterocycles. The van der Waals surface area contributed by atoms with Gasteiger partial charge in [0.05, 0.1) is 29.6 Å². The highest BCUT2D eigenvalue weighted by molar-refractivity contribution is 7.91. The van der Waals surface area contributed by atoms with E-state index in [4.69, 9.17) is 4.74 Å². The minimum Gasteiger partial charge on any atom is -0.497 e. The van der Waals surface area contributed by atoms with Crippen LogP contribution in [0.1, 0.15) is 6.42 Å². The third kappa shape index (κ3) is 4.15. The minimum absolute atomic E-state index is 0.0248. The van der Waals surface area contributed by atoms with E-state index in [1.165, 1.54) is 22.2 Å². The first-order valence-electron chi connectivity index (χ1n) is 9.39. The van der Waals surface area contributed by atoms with Crippen molar-refractivity contribution in [2.45, 2.75) is 17.9 Å². The highest BCUT2D eigenvalue weighted by Crippen LogP contribution is 2.31. The Bertz CT molecular complexity index is 1330. The molecule has 0 fully saturated rings. The second kappa shape index (κ2) is 8.41. The summed E-state index contributed by atoms with van der Waals surface area (Å²) in [5.41, 5.74) is 1.48. The Morgan fingerprint density at radius 1 is 1.07 bits per heavy atom. The number of hydrogen-bond acceptors (Lipinski definition) is 6. The lowest BCUT2D eigenvalue weighted by atomic mass is 10.2. The molecule has 6 nitrogen and oxygen atoms in total. The van der Waals surface area contributed by atoms with Gasteiger partial charge in [-0.3, -0.25) is 9.36 Å². The van der Waals surface area contributed by atoms with Crippen LogP contribution in [-0.2, 0) is 16.4 Å². The van der Waals surface area contributed by atoms with Crippen molar-refractivity contribution in [1.82, 2.24) is 9.55 Å². The molecule has 2 aromatic heterocycles. The summed E-state index contributed by atoms with van der Waals surface area (Å²) in [6, 6.07) is 17.9. The molecule has 0 aliphatic carbocycles. The summed E-state index contributed by atoms with van der Waals surface area (Å²) in [5.74, 6) is 0.744.